The Bertz CT molecular complexity index is 272. The second-order valence-electron chi connectivity index (χ2n) is 2.22. The Balaban J connectivity index is 2.46. The molecule has 1 N–H and O–H groups in total. The number of carbonyl (C=O) groups is 1. The van der Waals surface area contributed by atoms with Gasteiger partial charge in [-0.3, -0.25) is 4.79 Å². The van der Waals surface area contributed by atoms with E-state index < -0.39 is 0 Å². The number of aryl methyl sites for hydroxylation is 1. The van der Waals surface area contributed by atoms with Crippen LogP contribution in [0, 0.1) is 6.92 Å². The summed E-state index contributed by atoms with van der Waals surface area (Å²) in [5.74, 6) is 0.530. The summed E-state index contributed by atoms with van der Waals surface area (Å²) in [6, 6.07) is 0. The maximum absolute atomic E-state index is 11.1. The average Bonchev–Trinajstić information content (AvgIpc) is 2.36. The van der Waals surface area contributed by atoms with Crippen LogP contribution in [-0.2, 0) is 4.79 Å². The Labute approximate surface area is 79.6 Å². The fourth-order valence-electron chi connectivity index (χ4n) is 0.724. The first-order valence-electron chi connectivity index (χ1n) is 3.43. The van der Waals surface area contributed by atoms with Gasteiger partial charge in [-0.25, -0.2) is 4.98 Å². The first-order valence-corrected chi connectivity index (χ1v) is 5.64. The van der Waals surface area contributed by atoms with E-state index in [1.807, 2.05) is 13.2 Å². The monoisotopic (exact) mass is 202 g/mol. The lowest BCUT2D eigenvalue weighted by molar-refractivity contribution is -0.113. The van der Waals surface area contributed by atoms with E-state index in [0.717, 1.165) is 10.0 Å². The molecule has 0 aromatic carbocycles. The van der Waals surface area contributed by atoms with Gasteiger partial charge in [0.2, 0.25) is 5.91 Å². The van der Waals surface area contributed by atoms with Gasteiger partial charge in [-0.15, -0.1) is 11.3 Å². The van der Waals surface area contributed by atoms with Crippen LogP contribution in [0.1, 0.15) is 5.01 Å². The standard InChI is InChI=1S/C7H10N2OS2/c1-5-8-3-7(12-5)9-6(10)4-11-2/h3H,4H2,1-2H3,(H,9,10). The Kier molecular flexibility index (Phi) is 3.55. The molecular weight excluding hydrogens is 192 g/mol. The van der Waals surface area contributed by atoms with Gasteiger partial charge in [-0.1, -0.05) is 0 Å². The highest BCUT2D eigenvalue weighted by Crippen LogP contribution is 2.17. The number of anilines is 1. The van der Waals surface area contributed by atoms with Gasteiger partial charge in [-0.2, -0.15) is 11.8 Å². The number of thiazole rings is 1. The predicted molar refractivity (Wildman–Crippen MR) is 53.9 cm³/mol. The minimum Gasteiger partial charge on any atom is -0.316 e. The molecule has 0 aliphatic rings. The zero-order chi connectivity index (χ0) is 8.97. The van der Waals surface area contributed by atoms with Gasteiger partial charge >= 0.3 is 0 Å². The van der Waals surface area contributed by atoms with Crippen molar-refractivity contribution < 1.29 is 4.79 Å². The van der Waals surface area contributed by atoms with Crippen LogP contribution in [-0.4, -0.2) is 22.9 Å². The largest absolute Gasteiger partial charge is 0.316 e. The molecule has 0 unspecified atom stereocenters. The molecule has 0 spiro atoms. The molecular formula is C7H10N2OS2. The molecule has 1 aromatic heterocycles. The van der Waals surface area contributed by atoms with E-state index in [4.69, 9.17) is 0 Å². The molecule has 12 heavy (non-hydrogen) atoms. The predicted octanol–water partition coefficient (Wildman–Crippen LogP) is 1.75. The maximum atomic E-state index is 11.1. The van der Waals surface area contributed by atoms with E-state index in [1.54, 1.807) is 6.20 Å². The number of nitrogens with zero attached hydrogens (tertiary/aromatic N) is 1. The topological polar surface area (TPSA) is 42.0 Å². The number of thioether (sulfide) groups is 1. The van der Waals surface area contributed by atoms with Crippen molar-refractivity contribution in [1.82, 2.24) is 4.98 Å². The lowest BCUT2D eigenvalue weighted by Crippen LogP contribution is -2.12. The zero-order valence-corrected chi connectivity index (χ0v) is 8.59. The summed E-state index contributed by atoms with van der Waals surface area (Å²) < 4.78 is 0. The molecule has 0 aliphatic heterocycles. The highest BCUT2D eigenvalue weighted by Gasteiger charge is 2.02. The molecule has 66 valence electrons. The van der Waals surface area contributed by atoms with Crippen molar-refractivity contribution >= 4 is 34.0 Å². The number of carbonyl (C=O) groups excluding carboxylic acids is 1. The Morgan fingerprint density at radius 3 is 3.08 bits per heavy atom. The number of hydrogen-bond donors (Lipinski definition) is 1. The zero-order valence-electron chi connectivity index (χ0n) is 6.96. The van der Waals surface area contributed by atoms with E-state index in [2.05, 4.69) is 10.3 Å². The molecule has 1 amide bonds. The number of amides is 1. The third-order valence-corrected chi connectivity index (χ3v) is 2.54. The number of nitrogens with one attached hydrogen (secondary N) is 1. The van der Waals surface area contributed by atoms with Gasteiger partial charge in [0.05, 0.1) is 17.0 Å². The first kappa shape index (κ1) is 9.54. The molecule has 1 heterocycles. The number of hydrogen-bond acceptors (Lipinski definition) is 4. The Morgan fingerprint density at radius 1 is 1.83 bits per heavy atom. The summed E-state index contributed by atoms with van der Waals surface area (Å²) in [5, 5.41) is 4.55. The van der Waals surface area contributed by atoms with Crippen LogP contribution in [0.4, 0.5) is 5.00 Å². The highest BCUT2D eigenvalue weighted by molar-refractivity contribution is 7.99. The van der Waals surface area contributed by atoms with Crippen molar-refractivity contribution in [3.63, 3.8) is 0 Å². The van der Waals surface area contributed by atoms with Crippen molar-refractivity contribution in [2.24, 2.45) is 0 Å². The summed E-state index contributed by atoms with van der Waals surface area (Å²) in [5.41, 5.74) is 0. The highest BCUT2D eigenvalue weighted by atomic mass is 32.2. The van der Waals surface area contributed by atoms with Crippen molar-refractivity contribution in [3.8, 4) is 0 Å². The second-order valence-corrected chi connectivity index (χ2v) is 4.33. The van der Waals surface area contributed by atoms with E-state index in [9.17, 15) is 4.79 Å². The van der Waals surface area contributed by atoms with Crippen LogP contribution in [0.3, 0.4) is 0 Å². The SMILES string of the molecule is CSCC(=O)Nc1cnc(C)s1. The van der Waals surface area contributed by atoms with Crippen molar-refractivity contribution in [1.29, 1.82) is 0 Å². The van der Waals surface area contributed by atoms with Crippen molar-refractivity contribution in [2.75, 3.05) is 17.3 Å². The fourth-order valence-corrected chi connectivity index (χ4v) is 1.75. The van der Waals surface area contributed by atoms with E-state index in [0.29, 0.717) is 5.75 Å². The molecule has 0 bridgehead atoms. The fraction of sp³-hybridized carbons (Fsp3) is 0.429. The smallest absolute Gasteiger partial charge is 0.234 e. The molecule has 0 saturated heterocycles. The molecule has 1 rings (SSSR count). The van der Waals surface area contributed by atoms with Crippen LogP contribution < -0.4 is 5.32 Å². The maximum Gasteiger partial charge on any atom is 0.234 e. The van der Waals surface area contributed by atoms with Crippen LogP contribution in [0.5, 0.6) is 0 Å². The van der Waals surface area contributed by atoms with Gasteiger partial charge in [0, 0.05) is 0 Å². The normalized spacial score (nSPS) is 9.83. The van der Waals surface area contributed by atoms with Crippen LogP contribution >= 0.6 is 23.1 Å². The quantitative estimate of drug-likeness (QED) is 0.812. The summed E-state index contributed by atoms with van der Waals surface area (Å²) >= 11 is 3.00. The van der Waals surface area contributed by atoms with Crippen LogP contribution in [0.15, 0.2) is 6.20 Å². The molecule has 3 nitrogen and oxygen atoms in total. The molecule has 0 radical (unpaired) electrons. The third-order valence-electron chi connectivity index (χ3n) is 1.16. The second kappa shape index (κ2) is 4.47. The lowest BCUT2D eigenvalue weighted by atomic mass is 10.7. The molecule has 0 atom stereocenters. The van der Waals surface area contributed by atoms with E-state index in [-0.39, 0.29) is 5.91 Å². The molecule has 0 saturated carbocycles. The van der Waals surface area contributed by atoms with E-state index in [1.165, 1.54) is 23.1 Å². The molecule has 1 aromatic rings. The lowest BCUT2D eigenvalue weighted by Gasteiger charge is -1.97. The minimum atomic E-state index is 0.0335. The summed E-state index contributed by atoms with van der Waals surface area (Å²) in [6.45, 7) is 1.91. The van der Waals surface area contributed by atoms with Crippen molar-refractivity contribution in [2.45, 2.75) is 6.92 Å². The average molecular weight is 202 g/mol. The molecule has 5 heteroatoms. The van der Waals surface area contributed by atoms with Gasteiger partial charge in [0.15, 0.2) is 0 Å². The Morgan fingerprint density at radius 2 is 2.58 bits per heavy atom. The van der Waals surface area contributed by atoms with E-state index >= 15 is 0 Å². The summed E-state index contributed by atoms with van der Waals surface area (Å²) in [4.78, 5) is 15.1. The molecule has 0 fully saturated rings. The number of rotatable bonds is 3. The summed E-state index contributed by atoms with van der Waals surface area (Å²) in [7, 11) is 0. The first-order chi connectivity index (χ1) is 5.72. The third kappa shape index (κ3) is 2.83. The number of aromatic nitrogens is 1. The van der Waals surface area contributed by atoms with Crippen LogP contribution in [0.2, 0.25) is 0 Å². The van der Waals surface area contributed by atoms with Gasteiger partial charge in [-0.05, 0) is 13.2 Å². The van der Waals surface area contributed by atoms with Gasteiger partial charge in [0.25, 0.3) is 0 Å². The van der Waals surface area contributed by atoms with Gasteiger partial charge in [0.1, 0.15) is 5.00 Å². The van der Waals surface area contributed by atoms with Crippen LogP contribution in [0.25, 0.3) is 0 Å². The Hall–Kier alpha value is -0.550. The molecule has 0 aliphatic carbocycles. The minimum absolute atomic E-state index is 0.0335. The summed E-state index contributed by atoms with van der Waals surface area (Å²) in [6.07, 6.45) is 3.58. The van der Waals surface area contributed by atoms with Crippen molar-refractivity contribution in [3.05, 3.63) is 11.2 Å². The van der Waals surface area contributed by atoms with Gasteiger partial charge < -0.3 is 5.32 Å².